The van der Waals surface area contributed by atoms with Gasteiger partial charge in [0.2, 0.25) is 5.78 Å². The number of ketones is 1. The maximum Gasteiger partial charge on any atom is 0.305 e. The van der Waals surface area contributed by atoms with E-state index in [0.29, 0.717) is 48.9 Å². The average molecular weight is 420 g/mol. The maximum absolute atomic E-state index is 12.3. The molecule has 0 radical (unpaired) electrons. The molecule has 0 amide bonds. The number of methoxy groups -OCH3 is 2. The standard InChI is InChI=1S/C23H33NO6/c1-4-5-13-29-20-11-10-17(15-21(20)27-2)14-18-19(25)16-30-23(18)24-12-8-6-7-9-22(26)28-3/h10-11,15,24H,4-9,12-14,16H2,1-3H3. The molecule has 0 unspecified atom stereocenters. The Kier molecular flexibility index (Phi) is 10.0. The second kappa shape index (κ2) is 12.8. The van der Waals surface area contributed by atoms with Crippen molar-refractivity contribution in [2.24, 2.45) is 0 Å². The molecule has 1 aliphatic heterocycles. The normalized spacial score (nSPS) is 13.2. The van der Waals surface area contributed by atoms with Crippen molar-refractivity contribution in [1.29, 1.82) is 0 Å². The summed E-state index contributed by atoms with van der Waals surface area (Å²) in [6, 6.07) is 5.75. The van der Waals surface area contributed by atoms with Crippen LogP contribution in [0.1, 0.15) is 51.0 Å². The zero-order valence-electron chi connectivity index (χ0n) is 18.3. The van der Waals surface area contributed by atoms with Gasteiger partial charge < -0.3 is 24.3 Å². The fraction of sp³-hybridized carbons (Fsp3) is 0.565. The van der Waals surface area contributed by atoms with Crippen LogP contribution in [0.3, 0.4) is 0 Å². The van der Waals surface area contributed by atoms with E-state index in [9.17, 15) is 9.59 Å². The lowest BCUT2D eigenvalue weighted by atomic mass is 10.0. The number of ether oxygens (including phenoxy) is 4. The van der Waals surface area contributed by atoms with Gasteiger partial charge in [0, 0.05) is 19.4 Å². The highest BCUT2D eigenvalue weighted by Crippen LogP contribution is 2.30. The van der Waals surface area contributed by atoms with E-state index in [1.54, 1.807) is 7.11 Å². The Labute approximate surface area is 178 Å². The number of unbranched alkanes of at least 4 members (excludes halogenated alkanes) is 3. The van der Waals surface area contributed by atoms with E-state index in [1.807, 2.05) is 18.2 Å². The predicted octanol–water partition coefficient (Wildman–Crippen LogP) is 3.55. The van der Waals surface area contributed by atoms with Gasteiger partial charge >= 0.3 is 5.97 Å². The molecule has 1 aromatic carbocycles. The van der Waals surface area contributed by atoms with E-state index in [1.165, 1.54) is 7.11 Å². The van der Waals surface area contributed by atoms with Crippen molar-refractivity contribution in [3.63, 3.8) is 0 Å². The van der Waals surface area contributed by atoms with Gasteiger partial charge in [-0.3, -0.25) is 9.59 Å². The van der Waals surface area contributed by atoms with E-state index in [4.69, 9.17) is 14.2 Å². The third-order valence-corrected chi connectivity index (χ3v) is 4.89. The third kappa shape index (κ3) is 7.28. The Morgan fingerprint density at radius 3 is 2.70 bits per heavy atom. The Hall–Kier alpha value is -2.70. The van der Waals surface area contributed by atoms with Crippen LogP contribution in [-0.4, -0.2) is 45.7 Å². The molecule has 2 rings (SSSR count). The first-order valence-corrected chi connectivity index (χ1v) is 10.6. The minimum atomic E-state index is -0.185. The molecular formula is C23H33NO6. The number of hydrogen-bond acceptors (Lipinski definition) is 7. The van der Waals surface area contributed by atoms with Gasteiger partial charge in [-0.15, -0.1) is 0 Å². The van der Waals surface area contributed by atoms with E-state index in [2.05, 4.69) is 17.0 Å². The highest BCUT2D eigenvalue weighted by Gasteiger charge is 2.25. The second-order valence-electron chi connectivity index (χ2n) is 7.20. The van der Waals surface area contributed by atoms with Gasteiger partial charge in [-0.25, -0.2) is 0 Å². The summed E-state index contributed by atoms with van der Waals surface area (Å²) in [6.45, 7) is 3.51. The van der Waals surface area contributed by atoms with Crippen LogP contribution in [0.2, 0.25) is 0 Å². The van der Waals surface area contributed by atoms with Crippen LogP contribution in [0, 0.1) is 0 Å². The molecule has 0 spiro atoms. The first-order valence-electron chi connectivity index (χ1n) is 10.6. The number of rotatable bonds is 14. The van der Waals surface area contributed by atoms with Gasteiger partial charge in [-0.2, -0.15) is 0 Å². The van der Waals surface area contributed by atoms with Crippen LogP contribution in [0.5, 0.6) is 11.5 Å². The molecule has 0 atom stereocenters. The van der Waals surface area contributed by atoms with Crippen LogP contribution < -0.4 is 14.8 Å². The minimum Gasteiger partial charge on any atom is -0.493 e. The molecule has 0 aromatic heterocycles. The monoisotopic (exact) mass is 419 g/mol. The molecule has 0 bridgehead atoms. The largest absolute Gasteiger partial charge is 0.493 e. The molecule has 166 valence electrons. The topological polar surface area (TPSA) is 83.1 Å². The van der Waals surface area contributed by atoms with Gasteiger partial charge in [-0.1, -0.05) is 25.8 Å². The molecule has 30 heavy (non-hydrogen) atoms. The molecule has 1 aromatic rings. The lowest BCUT2D eigenvalue weighted by molar-refractivity contribution is -0.140. The summed E-state index contributed by atoms with van der Waals surface area (Å²) in [5, 5.41) is 3.22. The zero-order valence-corrected chi connectivity index (χ0v) is 18.3. The van der Waals surface area contributed by atoms with Crippen molar-refractivity contribution < 1.29 is 28.5 Å². The molecule has 0 saturated carbocycles. The second-order valence-corrected chi connectivity index (χ2v) is 7.20. The summed E-state index contributed by atoms with van der Waals surface area (Å²) in [4.78, 5) is 23.4. The molecule has 7 nitrogen and oxygen atoms in total. The lowest BCUT2D eigenvalue weighted by Gasteiger charge is -2.13. The third-order valence-electron chi connectivity index (χ3n) is 4.89. The molecule has 0 saturated heterocycles. The van der Waals surface area contributed by atoms with Crippen LogP contribution in [0.25, 0.3) is 0 Å². The predicted molar refractivity (Wildman–Crippen MR) is 114 cm³/mol. The van der Waals surface area contributed by atoms with E-state index >= 15 is 0 Å². The number of esters is 1. The van der Waals surface area contributed by atoms with Crippen LogP contribution in [0.15, 0.2) is 29.7 Å². The van der Waals surface area contributed by atoms with Crippen LogP contribution >= 0.6 is 0 Å². The molecule has 7 heteroatoms. The van der Waals surface area contributed by atoms with Gasteiger partial charge in [0.15, 0.2) is 24.0 Å². The van der Waals surface area contributed by atoms with Crippen molar-refractivity contribution in [2.75, 3.05) is 34.0 Å². The first kappa shape index (κ1) is 23.6. The van der Waals surface area contributed by atoms with Gasteiger partial charge in [0.05, 0.1) is 26.4 Å². The molecule has 0 aliphatic carbocycles. The quantitative estimate of drug-likeness (QED) is 0.365. The highest BCUT2D eigenvalue weighted by molar-refractivity contribution is 5.99. The van der Waals surface area contributed by atoms with Crippen molar-refractivity contribution in [3.8, 4) is 11.5 Å². The summed E-state index contributed by atoms with van der Waals surface area (Å²) >= 11 is 0. The number of benzene rings is 1. The number of hydrogen-bond donors (Lipinski definition) is 1. The fourth-order valence-corrected chi connectivity index (χ4v) is 3.12. The SMILES string of the molecule is CCCCOc1ccc(CC2=C(NCCCCCC(=O)OC)OCC2=O)cc1OC. The number of Topliss-reactive ketones (excluding diaryl/α,β-unsaturated/α-hetero) is 1. The first-order chi connectivity index (χ1) is 14.6. The van der Waals surface area contributed by atoms with E-state index in [0.717, 1.165) is 37.7 Å². The van der Waals surface area contributed by atoms with Crippen LogP contribution in [0.4, 0.5) is 0 Å². The zero-order chi connectivity index (χ0) is 21.8. The van der Waals surface area contributed by atoms with Gasteiger partial charge in [0.1, 0.15) is 0 Å². The summed E-state index contributed by atoms with van der Waals surface area (Å²) < 4.78 is 21.4. The fourth-order valence-electron chi connectivity index (χ4n) is 3.12. The highest BCUT2D eigenvalue weighted by atomic mass is 16.5. The van der Waals surface area contributed by atoms with Crippen molar-refractivity contribution in [2.45, 2.75) is 51.9 Å². The Balaban J connectivity index is 1.92. The molecule has 1 aliphatic rings. The summed E-state index contributed by atoms with van der Waals surface area (Å²) in [5.74, 6) is 1.73. The van der Waals surface area contributed by atoms with Crippen molar-refractivity contribution in [3.05, 3.63) is 35.2 Å². The number of carbonyl (C=O) groups excluding carboxylic acids is 2. The average Bonchev–Trinajstić information content (AvgIpc) is 3.10. The lowest BCUT2D eigenvalue weighted by Crippen LogP contribution is -2.17. The number of carbonyl (C=O) groups is 2. The smallest absolute Gasteiger partial charge is 0.305 e. The maximum atomic E-state index is 12.3. The van der Waals surface area contributed by atoms with Crippen LogP contribution in [-0.2, 0) is 25.5 Å². The summed E-state index contributed by atoms with van der Waals surface area (Å²) in [6.07, 6.45) is 5.51. The molecule has 1 heterocycles. The van der Waals surface area contributed by atoms with E-state index in [-0.39, 0.29) is 18.4 Å². The van der Waals surface area contributed by atoms with Gasteiger partial charge in [-0.05, 0) is 37.0 Å². The summed E-state index contributed by atoms with van der Waals surface area (Å²) in [7, 11) is 3.01. The molecular weight excluding hydrogens is 386 g/mol. The molecule has 0 fully saturated rings. The van der Waals surface area contributed by atoms with E-state index < -0.39 is 0 Å². The number of nitrogens with one attached hydrogen (secondary N) is 1. The summed E-state index contributed by atoms with van der Waals surface area (Å²) in [5.41, 5.74) is 1.60. The Morgan fingerprint density at radius 2 is 1.97 bits per heavy atom. The minimum absolute atomic E-state index is 0.00886. The van der Waals surface area contributed by atoms with Gasteiger partial charge in [0.25, 0.3) is 0 Å². The Morgan fingerprint density at radius 1 is 1.13 bits per heavy atom. The molecule has 1 N–H and O–H groups in total. The van der Waals surface area contributed by atoms with Crippen molar-refractivity contribution >= 4 is 11.8 Å². The van der Waals surface area contributed by atoms with Crippen molar-refractivity contribution in [1.82, 2.24) is 5.32 Å². The Bertz CT molecular complexity index is 743.